The molecule has 40 heavy (non-hydrogen) atoms. The largest absolute Gasteiger partial charge is 0.366 e. The van der Waals surface area contributed by atoms with Crippen LogP contribution in [0.25, 0.3) is 0 Å². The number of fused-ring (bicyclic) bond motifs is 2. The highest BCUT2D eigenvalue weighted by Crippen LogP contribution is 2.42. The molecule has 0 saturated carbocycles. The first kappa shape index (κ1) is 36.2. The molecule has 0 spiro atoms. The summed E-state index contributed by atoms with van der Waals surface area (Å²) in [5.74, 6) is 1.35. The van der Waals surface area contributed by atoms with Crippen LogP contribution < -0.4 is 4.90 Å². The van der Waals surface area contributed by atoms with Crippen LogP contribution in [-0.4, -0.2) is 29.1 Å². The number of rotatable bonds is 0. The van der Waals surface area contributed by atoms with E-state index in [1.807, 2.05) is 27.7 Å². The highest BCUT2D eigenvalue weighted by atomic mass is 15.2. The van der Waals surface area contributed by atoms with Crippen LogP contribution in [0.1, 0.15) is 133 Å². The normalized spacial score (nSPS) is 19.4. The van der Waals surface area contributed by atoms with Gasteiger partial charge in [-0.25, -0.2) is 0 Å². The Morgan fingerprint density at radius 1 is 0.575 bits per heavy atom. The van der Waals surface area contributed by atoms with Gasteiger partial charge in [-0.05, 0) is 87.5 Å². The molecule has 0 radical (unpaired) electrons. The fourth-order valence-corrected chi connectivity index (χ4v) is 5.67. The summed E-state index contributed by atoms with van der Waals surface area (Å²) in [6, 6.07) is 17.9. The maximum Gasteiger partial charge on any atom is 0.0403 e. The molecule has 4 rings (SSSR count). The van der Waals surface area contributed by atoms with Crippen LogP contribution in [0.5, 0.6) is 0 Å². The molecule has 0 aromatic heterocycles. The first-order valence-corrected chi connectivity index (χ1v) is 16.1. The van der Waals surface area contributed by atoms with Gasteiger partial charge in [0.2, 0.25) is 0 Å². The average Bonchev–Trinajstić information content (AvgIpc) is 2.88. The fourth-order valence-electron chi connectivity index (χ4n) is 5.67. The van der Waals surface area contributed by atoms with Crippen LogP contribution in [0.4, 0.5) is 5.69 Å². The fraction of sp³-hybridized carbons (Fsp3) is 0.684. The van der Waals surface area contributed by atoms with Gasteiger partial charge in [0.15, 0.2) is 0 Å². The van der Waals surface area contributed by atoms with Crippen molar-refractivity contribution >= 4 is 5.69 Å². The highest BCUT2D eigenvalue weighted by molar-refractivity contribution is 5.57. The summed E-state index contributed by atoms with van der Waals surface area (Å²) in [5, 5.41) is 0. The predicted octanol–water partition coefficient (Wildman–Crippen LogP) is 11.0. The Morgan fingerprint density at radius 2 is 1.07 bits per heavy atom. The van der Waals surface area contributed by atoms with Crippen LogP contribution in [0.3, 0.4) is 0 Å². The van der Waals surface area contributed by atoms with Gasteiger partial charge in [-0.15, -0.1) is 0 Å². The number of hydrogen-bond donors (Lipinski definition) is 0. The van der Waals surface area contributed by atoms with Gasteiger partial charge >= 0.3 is 0 Å². The van der Waals surface area contributed by atoms with Crippen molar-refractivity contribution in [1.82, 2.24) is 4.90 Å². The quantitative estimate of drug-likeness (QED) is 0.322. The molecule has 228 valence electrons. The number of benzene rings is 2. The lowest BCUT2D eigenvalue weighted by Gasteiger charge is -2.47. The lowest BCUT2D eigenvalue weighted by molar-refractivity contribution is 0.0823. The van der Waals surface area contributed by atoms with Crippen LogP contribution in [-0.2, 0) is 13.0 Å². The molecule has 0 amide bonds. The minimum Gasteiger partial charge on any atom is -0.366 e. The molecule has 2 unspecified atom stereocenters. The standard InChI is InChI=1S/2C17H27N.2C2H6/c1-16(2,3)14-11-13-9-7-8-10-15(13)18(12-14)17(4,5)6;1-16(2,3)15-12-18(17(4,5)6)11-13-9-7-8-10-14(13)15;2*1-2/h7-10,14H,11-12H2,1-6H3;7-10,15H,11-12H2,1-6H3;2*1-2H3. The lowest BCUT2D eigenvalue weighted by Crippen LogP contribution is -2.50. The summed E-state index contributed by atoms with van der Waals surface area (Å²) in [5.41, 5.74) is 7.15. The summed E-state index contributed by atoms with van der Waals surface area (Å²) in [4.78, 5) is 5.20. The van der Waals surface area contributed by atoms with Gasteiger partial charge in [-0.1, -0.05) is 112 Å². The lowest BCUT2D eigenvalue weighted by atomic mass is 9.72. The summed E-state index contributed by atoms with van der Waals surface area (Å²) in [7, 11) is 0. The van der Waals surface area contributed by atoms with E-state index in [-0.39, 0.29) is 11.1 Å². The Hall–Kier alpha value is -1.80. The van der Waals surface area contributed by atoms with Crippen LogP contribution >= 0.6 is 0 Å². The van der Waals surface area contributed by atoms with Crippen LogP contribution in [0.15, 0.2) is 48.5 Å². The second-order valence-corrected chi connectivity index (χ2v) is 15.3. The molecule has 2 heteroatoms. The Bertz CT molecular complexity index is 924. The zero-order valence-corrected chi connectivity index (χ0v) is 29.5. The van der Waals surface area contributed by atoms with Crippen molar-refractivity contribution in [3.63, 3.8) is 0 Å². The maximum atomic E-state index is 2.62. The van der Waals surface area contributed by atoms with Gasteiger partial charge in [-0.3, -0.25) is 4.90 Å². The van der Waals surface area contributed by atoms with Crippen molar-refractivity contribution < 1.29 is 0 Å². The third kappa shape index (κ3) is 9.64. The van der Waals surface area contributed by atoms with Crippen molar-refractivity contribution in [3.05, 3.63) is 65.2 Å². The number of nitrogens with zero attached hydrogens (tertiary/aromatic N) is 2. The van der Waals surface area contributed by atoms with Crippen molar-refractivity contribution in [2.24, 2.45) is 16.7 Å². The Morgan fingerprint density at radius 3 is 1.55 bits per heavy atom. The monoisotopic (exact) mass is 551 g/mol. The van der Waals surface area contributed by atoms with Gasteiger partial charge in [0.1, 0.15) is 0 Å². The Balaban J connectivity index is 0.000000356. The molecular weight excluding hydrogens is 484 g/mol. The molecule has 0 bridgehead atoms. The average molecular weight is 551 g/mol. The summed E-state index contributed by atoms with van der Waals surface area (Å²) in [6.45, 7) is 39.5. The minimum absolute atomic E-state index is 0.194. The molecular formula is C38H66N2. The summed E-state index contributed by atoms with van der Waals surface area (Å²) < 4.78 is 0. The zero-order chi connectivity index (χ0) is 31.1. The number of anilines is 1. The van der Waals surface area contributed by atoms with Gasteiger partial charge in [0, 0.05) is 42.3 Å². The summed E-state index contributed by atoms with van der Waals surface area (Å²) in [6.07, 6.45) is 1.21. The first-order valence-electron chi connectivity index (χ1n) is 16.1. The van der Waals surface area contributed by atoms with Crippen molar-refractivity contribution in [2.45, 2.75) is 141 Å². The molecule has 2 atom stereocenters. The van der Waals surface area contributed by atoms with E-state index in [0.29, 0.717) is 16.7 Å². The van der Waals surface area contributed by atoms with Gasteiger partial charge in [-0.2, -0.15) is 0 Å². The molecule has 2 aliphatic rings. The van der Waals surface area contributed by atoms with Crippen LogP contribution in [0, 0.1) is 16.7 Å². The molecule has 2 nitrogen and oxygen atoms in total. The topological polar surface area (TPSA) is 6.48 Å². The smallest absolute Gasteiger partial charge is 0.0403 e. The van der Waals surface area contributed by atoms with Gasteiger partial charge in [0.05, 0.1) is 0 Å². The van der Waals surface area contributed by atoms with E-state index in [9.17, 15) is 0 Å². The molecule has 0 aliphatic carbocycles. The van der Waals surface area contributed by atoms with Crippen molar-refractivity contribution in [3.8, 4) is 0 Å². The summed E-state index contributed by atoms with van der Waals surface area (Å²) >= 11 is 0. The van der Waals surface area contributed by atoms with Gasteiger partial charge < -0.3 is 4.90 Å². The van der Waals surface area contributed by atoms with E-state index < -0.39 is 0 Å². The van der Waals surface area contributed by atoms with E-state index in [2.05, 4.69) is 141 Å². The molecule has 2 aliphatic heterocycles. The molecule has 0 N–H and O–H groups in total. The van der Waals surface area contributed by atoms with E-state index in [1.54, 1.807) is 5.56 Å². The van der Waals surface area contributed by atoms with E-state index >= 15 is 0 Å². The van der Waals surface area contributed by atoms with Crippen LogP contribution in [0.2, 0.25) is 0 Å². The number of para-hydroxylation sites is 1. The molecule has 2 heterocycles. The third-order valence-corrected chi connectivity index (χ3v) is 8.37. The number of hydrogen-bond acceptors (Lipinski definition) is 2. The molecule has 0 saturated heterocycles. The third-order valence-electron chi connectivity index (χ3n) is 8.37. The molecule has 2 aromatic rings. The Labute approximate surface area is 251 Å². The highest BCUT2D eigenvalue weighted by Gasteiger charge is 2.37. The molecule has 0 fully saturated rings. The second-order valence-electron chi connectivity index (χ2n) is 15.3. The van der Waals surface area contributed by atoms with Crippen molar-refractivity contribution in [2.75, 3.05) is 18.0 Å². The molecule has 2 aromatic carbocycles. The maximum absolute atomic E-state index is 2.62. The van der Waals surface area contributed by atoms with Crippen molar-refractivity contribution in [1.29, 1.82) is 0 Å². The second kappa shape index (κ2) is 14.4. The first-order chi connectivity index (χ1) is 18.4. The Kier molecular flexibility index (Phi) is 13.0. The minimum atomic E-state index is 0.194. The SMILES string of the molecule is CC.CC.CC(C)(C)C1CN(C(C)(C)C)Cc2ccccc21.CC(C)(C)C1Cc2ccccc2N(C(C)(C)C)C1. The van der Waals surface area contributed by atoms with Gasteiger partial charge in [0.25, 0.3) is 0 Å². The zero-order valence-electron chi connectivity index (χ0n) is 29.5. The van der Waals surface area contributed by atoms with E-state index in [4.69, 9.17) is 0 Å². The predicted molar refractivity (Wildman–Crippen MR) is 182 cm³/mol. The van der Waals surface area contributed by atoms with E-state index in [1.165, 1.54) is 36.3 Å². The van der Waals surface area contributed by atoms with E-state index in [0.717, 1.165) is 12.5 Å².